The fourth-order valence-corrected chi connectivity index (χ4v) is 2.25. The Bertz CT molecular complexity index is 967. The number of esters is 1. The Labute approximate surface area is 172 Å². The number of carbonyl (C=O) groups excluding carboxylic acids is 3. The topological polar surface area (TPSA) is 137 Å². The van der Waals surface area contributed by atoms with Crippen LogP contribution >= 0.6 is 0 Å². The molecule has 0 unspecified atom stereocenters. The van der Waals surface area contributed by atoms with Crippen LogP contribution in [0.2, 0.25) is 0 Å². The van der Waals surface area contributed by atoms with Crippen LogP contribution in [0.3, 0.4) is 0 Å². The van der Waals surface area contributed by atoms with Crippen molar-refractivity contribution >= 4 is 35.0 Å². The molecule has 0 fully saturated rings. The molecule has 0 spiro atoms. The molecule has 158 valence electrons. The fraction of sp³-hybridized carbons (Fsp3) is 0.250. The van der Waals surface area contributed by atoms with E-state index in [1.165, 1.54) is 42.5 Å². The van der Waals surface area contributed by atoms with Gasteiger partial charge in [0.05, 0.1) is 10.5 Å². The van der Waals surface area contributed by atoms with Gasteiger partial charge in [-0.3, -0.25) is 20.2 Å². The van der Waals surface area contributed by atoms with Gasteiger partial charge in [-0.15, -0.1) is 0 Å². The molecular weight excluding hydrogens is 394 g/mol. The van der Waals surface area contributed by atoms with Gasteiger partial charge in [-0.2, -0.15) is 0 Å². The summed E-state index contributed by atoms with van der Waals surface area (Å²) in [5.41, 5.74) is -0.216. The summed E-state index contributed by atoms with van der Waals surface area (Å²) in [6, 6.07) is 11.3. The van der Waals surface area contributed by atoms with Crippen molar-refractivity contribution < 1.29 is 28.8 Å². The van der Waals surface area contributed by atoms with Crippen molar-refractivity contribution in [3.63, 3.8) is 0 Å². The Morgan fingerprint density at radius 3 is 2.27 bits per heavy atom. The van der Waals surface area contributed by atoms with Crippen LogP contribution in [0.4, 0.5) is 21.9 Å². The van der Waals surface area contributed by atoms with Crippen LogP contribution in [0.5, 0.6) is 0 Å². The molecule has 0 heterocycles. The van der Waals surface area contributed by atoms with Crippen molar-refractivity contribution in [1.29, 1.82) is 0 Å². The third-order valence-electron chi connectivity index (χ3n) is 3.42. The second kappa shape index (κ2) is 9.50. The first kappa shape index (κ1) is 22.3. The number of ether oxygens (including phenoxy) is 2. The highest BCUT2D eigenvalue weighted by molar-refractivity contribution is 5.96. The number of hydrogen-bond acceptors (Lipinski definition) is 7. The zero-order valence-electron chi connectivity index (χ0n) is 16.6. The minimum Gasteiger partial charge on any atom is -0.452 e. The molecule has 2 amide bonds. The Kier molecular flexibility index (Phi) is 7.08. The van der Waals surface area contributed by atoms with Crippen molar-refractivity contribution in [1.82, 2.24) is 0 Å². The average molecular weight is 415 g/mol. The molecule has 0 saturated heterocycles. The number of carbonyl (C=O) groups is 3. The van der Waals surface area contributed by atoms with Crippen molar-refractivity contribution in [3.8, 4) is 0 Å². The fourth-order valence-electron chi connectivity index (χ4n) is 2.25. The molecule has 2 aromatic carbocycles. The van der Waals surface area contributed by atoms with Crippen LogP contribution in [0.1, 0.15) is 31.1 Å². The zero-order valence-corrected chi connectivity index (χ0v) is 16.6. The summed E-state index contributed by atoms with van der Waals surface area (Å²) in [6.07, 6.45) is -0.677. The quantitative estimate of drug-likeness (QED) is 0.416. The second-order valence-corrected chi connectivity index (χ2v) is 7.14. The van der Waals surface area contributed by atoms with Crippen LogP contribution in [-0.4, -0.2) is 35.1 Å². The Balaban J connectivity index is 1.91. The lowest BCUT2D eigenvalue weighted by molar-refractivity contribution is -0.384. The molecular formula is C20H21N3O7. The highest BCUT2D eigenvalue weighted by Crippen LogP contribution is 2.17. The summed E-state index contributed by atoms with van der Waals surface area (Å²) in [5.74, 6) is -1.44. The van der Waals surface area contributed by atoms with E-state index in [2.05, 4.69) is 10.6 Å². The smallest absolute Gasteiger partial charge is 0.412 e. The van der Waals surface area contributed by atoms with Crippen molar-refractivity contribution in [2.45, 2.75) is 26.4 Å². The number of anilines is 2. The third kappa shape index (κ3) is 7.23. The van der Waals surface area contributed by atoms with Gasteiger partial charge in [0.2, 0.25) is 0 Å². The second-order valence-electron chi connectivity index (χ2n) is 7.14. The summed E-state index contributed by atoms with van der Waals surface area (Å²) in [6.45, 7) is 4.57. The molecule has 0 aliphatic rings. The van der Waals surface area contributed by atoms with E-state index >= 15 is 0 Å². The molecule has 2 rings (SSSR count). The standard InChI is InChI=1S/C20H21N3O7/c1-20(2,3)30-19(26)22-14-7-4-6-13(10-14)18(25)29-12-17(24)21-15-8-5-9-16(11-15)23(27)28/h4-11H,12H2,1-3H3,(H,21,24)(H,22,26). The predicted octanol–water partition coefficient (Wildman–Crippen LogP) is 3.74. The number of amides is 2. The van der Waals surface area contributed by atoms with Crippen LogP contribution in [0.15, 0.2) is 48.5 Å². The van der Waals surface area contributed by atoms with Crippen molar-refractivity contribution in [2.24, 2.45) is 0 Å². The Hall–Kier alpha value is -3.95. The van der Waals surface area contributed by atoms with Crippen LogP contribution < -0.4 is 10.6 Å². The summed E-state index contributed by atoms with van der Waals surface area (Å²) in [4.78, 5) is 46.1. The molecule has 0 aliphatic heterocycles. The van der Waals surface area contributed by atoms with Gasteiger partial charge in [0.15, 0.2) is 6.61 Å². The van der Waals surface area contributed by atoms with E-state index < -0.39 is 35.1 Å². The molecule has 0 bridgehead atoms. The number of nitro groups is 1. The molecule has 2 aromatic rings. The van der Waals surface area contributed by atoms with Gasteiger partial charge in [-0.25, -0.2) is 9.59 Å². The lowest BCUT2D eigenvalue weighted by Gasteiger charge is -2.19. The average Bonchev–Trinajstić information content (AvgIpc) is 2.65. The van der Waals surface area contributed by atoms with E-state index in [4.69, 9.17) is 9.47 Å². The molecule has 0 radical (unpaired) electrons. The Morgan fingerprint density at radius 1 is 1.00 bits per heavy atom. The number of non-ortho nitro benzene ring substituents is 1. The number of rotatable bonds is 6. The largest absolute Gasteiger partial charge is 0.452 e. The third-order valence-corrected chi connectivity index (χ3v) is 3.42. The molecule has 30 heavy (non-hydrogen) atoms. The first-order chi connectivity index (χ1) is 14.0. The molecule has 2 N–H and O–H groups in total. The lowest BCUT2D eigenvalue weighted by atomic mass is 10.2. The summed E-state index contributed by atoms with van der Waals surface area (Å²) < 4.78 is 10.1. The highest BCUT2D eigenvalue weighted by Gasteiger charge is 2.17. The summed E-state index contributed by atoms with van der Waals surface area (Å²) in [5, 5.41) is 15.7. The number of benzene rings is 2. The van der Waals surface area contributed by atoms with Crippen LogP contribution in [-0.2, 0) is 14.3 Å². The van der Waals surface area contributed by atoms with Crippen molar-refractivity contribution in [3.05, 3.63) is 64.2 Å². The van der Waals surface area contributed by atoms with E-state index in [1.807, 2.05) is 0 Å². The maximum absolute atomic E-state index is 12.2. The van der Waals surface area contributed by atoms with Crippen LogP contribution in [0.25, 0.3) is 0 Å². The predicted molar refractivity (Wildman–Crippen MR) is 108 cm³/mol. The molecule has 10 nitrogen and oxygen atoms in total. The first-order valence-electron chi connectivity index (χ1n) is 8.85. The number of nitrogens with one attached hydrogen (secondary N) is 2. The minimum atomic E-state index is -0.781. The van der Waals surface area contributed by atoms with Gasteiger partial charge in [-0.05, 0) is 45.0 Å². The molecule has 0 atom stereocenters. The zero-order chi connectivity index (χ0) is 22.3. The van der Waals surface area contributed by atoms with Crippen LogP contribution in [0, 0.1) is 10.1 Å². The van der Waals surface area contributed by atoms with E-state index in [0.717, 1.165) is 0 Å². The van der Waals surface area contributed by atoms with E-state index in [0.29, 0.717) is 5.69 Å². The lowest BCUT2D eigenvalue weighted by Crippen LogP contribution is -2.27. The number of hydrogen-bond donors (Lipinski definition) is 2. The summed E-state index contributed by atoms with van der Waals surface area (Å²) in [7, 11) is 0. The SMILES string of the molecule is CC(C)(C)OC(=O)Nc1cccc(C(=O)OCC(=O)Nc2cccc([N+](=O)[O-])c2)c1. The van der Waals surface area contributed by atoms with Gasteiger partial charge >= 0.3 is 12.1 Å². The van der Waals surface area contributed by atoms with E-state index in [-0.39, 0.29) is 16.9 Å². The molecule has 0 saturated carbocycles. The van der Waals surface area contributed by atoms with Gasteiger partial charge in [0.1, 0.15) is 5.60 Å². The Morgan fingerprint density at radius 2 is 1.63 bits per heavy atom. The van der Waals surface area contributed by atoms with Gasteiger partial charge in [0.25, 0.3) is 11.6 Å². The highest BCUT2D eigenvalue weighted by atomic mass is 16.6. The van der Waals surface area contributed by atoms with Gasteiger partial charge in [-0.1, -0.05) is 12.1 Å². The molecule has 0 aliphatic carbocycles. The minimum absolute atomic E-state index is 0.117. The number of nitro benzene ring substituents is 1. The maximum Gasteiger partial charge on any atom is 0.412 e. The van der Waals surface area contributed by atoms with Crippen molar-refractivity contribution in [2.75, 3.05) is 17.2 Å². The molecule has 10 heteroatoms. The van der Waals surface area contributed by atoms with E-state index in [9.17, 15) is 24.5 Å². The monoisotopic (exact) mass is 415 g/mol. The van der Waals surface area contributed by atoms with Gasteiger partial charge < -0.3 is 14.8 Å². The summed E-state index contributed by atoms with van der Waals surface area (Å²) >= 11 is 0. The number of nitrogens with zero attached hydrogens (tertiary/aromatic N) is 1. The van der Waals surface area contributed by atoms with E-state index in [1.54, 1.807) is 26.8 Å². The van der Waals surface area contributed by atoms with Gasteiger partial charge in [0, 0.05) is 23.5 Å². The normalized spacial score (nSPS) is 10.6. The maximum atomic E-state index is 12.2. The first-order valence-corrected chi connectivity index (χ1v) is 8.85. The molecule has 0 aromatic heterocycles.